The van der Waals surface area contributed by atoms with Crippen molar-refractivity contribution in [1.29, 1.82) is 0 Å². The highest BCUT2D eigenvalue weighted by Crippen LogP contribution is 2.47. The molecule has 2 fully saturated rings. The number of aromatic amines is 1. The van der Waals surface area contributed by atoms with Crippen LogP contribution in [-0.2, 0) is 17.6 Å². The number of aryl methyl sites for hydroxylation is 1. The molecule has 1 aliphatic carbocycles. The Morgan fingerprint density at radius 2 is 1.72 bits per heavy atom. The third-order valence-corrected chi connectivity index (χ3v) is 8.69. The molecule has 0 unspecified atom stereocenters. The van der Waals surface area contributed by atoms with E-state index < -0.39 is 17.7 Å². The number of piperidine rings is 1. The van der Waals surface area contributed by atoms with Crippen LogP contribution in [-0.4, -0.2) is 69.9 Å². The van der Waals surface area contributed by atoms with Crippen LogP contribution in [0, 0.1) is 11.2 Å². The van der Waals surface area contributed by atoms with E-state index in [1.807, 2.05) is 20.8 Å². The molecule has 1 spiro atoms. The SMILES string of the molecule is CC(C)(C)OC(=O)N1CC2(CCc3[nH]c4ncc(F)c(C5CCN(C(=O)c6ccc(OC(F)(F)F)cc6)CC5)c4c3C2)C1. The first-order valence-corrected chi connectivity index (χ1v) is 14.5. The molecule has 2 amide bonds. The number of H-pyrrole nitrogens is 1. The fraction of sp³-hybridized carbons (Fsp3) is 0.516. The molecule has 0 atom stereocenters. The minimum absolute atomic E-state index is 0.0842. The molecule has 2 aliphatic heterocycles. The van der Waals surface area contributed by atoms with Gasteiger partial charge in [0.25, 0.3) is 5.91 Å². The lowest BCUT2D eigenvalue weighted by molar-refractivity contribution is -0.274. The van der Waals surface area contributed by atoms with E-state index in [2.05, 4.69) is 14.7 Å². The zero-order valence-electron chi connectivity index (χ0n) is 24.3. The van der Waals surface area contributed by atoms with Crippen molar-refractivity contribution in [3.8, 4) is 5.75 Å². The average Bonchev–Trinajstić information content (AvgIpc) is 3.27. The first-order valence-electron chi connectivity index (χ1n) is 14.5. The molecule has 6 rings (SSSR count). The largest absolute Gasteiger partial charge is 0.573 e. The number of likely N-dealkylation sites (tertiary alicyclic amines) is 2. The molecule has 8 nitrogen and oxygen atoms in total. The Hall–Kier alpha value is -3.83. The molecule has 0 bridgehead atoms. The van der Waals surface area contributed by atoms with Gasteiger partial charge in [0.15, 0.2) is 0 Å². The molecular formula is C31H34F4N4O4. The maximum absolute atomic E-state index is 15.5. The number of fused-ring (bicyclic) bond motifs is 3. The first kappa shape index (κ1) is 29.3. The summed E-state index contributed by atoms with van der Waals surface area (Å²) in [6.07, 6.45) is -0.386. The lowest BCUT2D eigenvalue weighted by Crippen LogP contribution is -2.61. The molecule has 2 saturated heterocycles. The van der Waals surface area contributed by atoms with Gasteiger partial charge in [-0.25, -0.2) is 14.2 Å². The van der Waals surface area contributed by atoms with Crippen LogP contribution in [0.15, 0.2) is 30.5 Å². The van der Waals surface area contributed by atoms with Crippen molar-refractivity contribution in [3.63, 3.8) is 0 Å². The smallest absolute Gasteiger partial charge is 0.444 e. The molecule has 230 valence electrons. The number of amides is 2. The maximum Gasteiger partial charge on any atom is 0.573 e. The van der Waals surface area contributed by atoms with E-state index >= 15 is 4.39 Å². The summed E-state index contributed by atoms with van der Waals surface area (Å²) in [5.74, 6) is -1.19. The Bertz CT molecular complexity index is 1550. The van der Waals surface area contributed by atoms with Crippen molar-refractivity contribution in [2.45, 2.75) is 70.8 Å². The number of nitrogens with one attached hydrogen (secondary N) is 1. The van der Waals surface area contributed by atoms with Gasteiger partial charge in [0.2, 0.25) is 0 Å². The van der Waals surface area contributed by atoms with Crippen LogP contribution in [0.1, 0.15) is 73.1 Å². The number of carbonyl (C=O) groups is 2. The average molecular weight is 603 g/mol. The van der Waals surface area contributed by atoms with E-state index in [0.717, 1.165) is 41.6 Å². The number of benzene rings is 1. The number of pyridine rings is 1. The Labute approximate surface area is 246 Å². The van der Waals surface area contributed by atoms with Crippen molar-refractivity contribution < 1.29 is 36.6 Å². The Morgan fingerprint density at radius 3 is 2.35 bits per heavy atom. The number of hydrogen-bond donors (Lipinski definition) is 1. The molecule has 12 heteroatoms. The number of rotatable bonds is 3. The second kappa shape index (κ2) is 10.4. The number of aromatic nitrogens is 2. The number of nitrogens with zero attached hydrogens (tertiary/aromatic N) is 3. The summed E-state index contributed by atoms with van der Waals surface area (Å²) in [6.45, 7) is 7.49. The zero-order chi connectivity index (χ0) is 30.7. The summed E-state index contributed by atoms with van der Waals surface area (Å²) in [5, 5.41) is 0.815. The topological polar surface area (TPSA) is 87.8 Å². The van der Waals surface area contributed by atoms with Crippen LogP contribution in [0.2, 0.25) is 0 Å². The molecule has 2 aromatic heterocycles. The van der Waals surface area contributed by atoms with Gasteiger partial charge in [0.1, 0.15) is 22.8 Å². The minimum atomic E-state index is -4.81. The van der Waals surface area contributed by atoms with Gasteiger partial charge in [-0.15, -0.1) is 13.2 Å². The van der Waals surface area contributed by atoms with Crippen molar-refractivity contribution >= 4 is 23.0 Å². The number of hydrogen-bond acceptors (Lipinski definition) is 5. The molecule has 4 heterocycles. The van der Waals surface area contributed by atoms with Crippen LogP contribution < -0.4 is 4.74 Å². The normalized spacial score (nSPS) is 18.9. The van der Waals surface area contributed by atoms with Gasteiger partial charge in [0.05, 0.1) is 6.20 Å². The van der Waals surface area contributed by atoms with Gasteiger partial charge in [-0.05, 0) is 88.6 Å². The predicted molar refractivity (Wildman–Crippen MR) is 149 cm³/mol. The van der Waals surface area contributed by atoms with E-state index in [0.29, 0.717) is 56.7 Å². The Balaban J connectivity index is 1.16. The Kier molecular flexibility index (Phi) is 7.08. The highest BCUT2D eigenvalue weighted by molar-refractivity contribution is 5.94. The van der Waals surface area contributed by atoms with Crippen molar-refractivity contribution in [3.05, 3.63) is 58.7 Å². The summed E-state index contributed by atoms with van der Waals surface area (Å²) < 4.78 is 62.4. The van der Waals surface area contributed by atoms with Crippen molar-refractivity contribution in [2.75, 3.05) is 26.2 Å². The number of ether oxygens (including phenoxy) is 2. The molecular weight excluding hydrogens is 568 g/mol. The van der Waals surface area contributed by atoms with E-state index in [1.54, 1.807) is 9.80 Å². The van der Waals surface area contributed by atoms with E-state index in [-0.39, 0.29) is 34.7 Å². The summed E-state index contributed by atoms with van der Waals surface area (Å²) >= 11 is 0. The minimum Gasteiger partial charge on any atom is -0.444 e. The van der Waals surface area contributed by atoms with Crippen LogP contribution in [0.3, 0.4) is 0 Å². The fourth-order valence-electron chi connectivity index (χ4n) is 6.77. The summed E-state index contributed by atoms with van der Waals surface area (Å²) in [4.78, 5) is 36.8. The quantitative estimate of drug-likeness (QED) is 0.354. The Morgan fingerprint density at radius 1 is 1.05 bits per heavy atom. The third kappa shape index (κ3) is 5.88. The molecule has 3 aliphatic rings. The van der Waals surface area contributed by atoms with Crippen LogP contribution in [0.4, 0.5) is 22.4 Å². The highest BCUT2D eigenvalue weighted by Gasteiger charge is 2.49. The second-order valence-corrected chi connectivity index (χ2v) is 13.0. The predicted octanol–water partition coefficient (Wildman–Crippen LogP) is 6.35. The number of halogens is 4. The standard InChI is InChI=1S/C31H34F4N4O4/c1-29(2,3)43-28(41)39-16-30(17-39)11-8-23-21(14-30)25-24(22(32)15-36-26(25)37-23)18-9-12-38(13-10-18)27(40)19-4-6-20(7-5-19)42-31(33,34)35/h4-7,15,18H,8-14,16-17H2,1-3H3,(H,36,37). The van der Waals surface area contributed by atoms with Crippen LogP contribution >= 0.6 is 0 Å². The van der Waals surface area contributed by atoms with Crippen LogP contribution in [0.5, 0.6) is 5.75 Å². The van der Waals surface area contributed by atoms with E-state index in [4.69, 9.17) is 4.74 Å². The molecule has 1 N–H and O–H groups in total. The third-order valence-electron chi connectivity index (χ3n) is 8.69. The van der Waals surface area contributed by atoms with Gasteiger partial charge < -0.3 is 24.3 Å². The second-order valence-electron chi connectivity index (χ2n) is 13.0. The van der Waals surface area contributed by atoms with Crippen LogP contribution in [0.25, 0.3) is 11.0 Å². The highest BCUT2D eigenvalue weighted by atomic mass is 19.4. The van der Waals surface area contributed by atoms with Gasteiger partial charge in [-0.3, -0.25) is 4.79 Å². The summed E-state index contributed by atoms with van der Waals surface area (Å²) in [6, 6.07) is 4.86. The summed E-state index contributed by atoms with van der Waals surface area (Å²) in [7, 11) is 0. The maximum atomic E-state index is 15.5. The molecule has 0 radical (unpaired) electrons. The van der Waals surface area contributed by atoms with Gasteiger partial charge in [-0.2, -0.15) is 0 Å². The molecule has 43 heavy (non-hydrogen) atoms. The number of carbonyl (C=O) groups excluding carboxylic acids is 2. The lowest BCUT2D eigenvalue weighted by Gasteiger charge is -2.52. The van der Waals surface area contributed by atoms with Gasteiger partial charge in [0, 0.05) is 53.8 Å². The molecule has 3 aromatic rings. The van der Waals surface area contributed by atoms with Gasteiger partial charge >= 0.3 is 12.5 Å². The lowest BCUT2D eigenvalue weighted by atomic mass is 9.67. The zero-order valence-corrected chi connectivity index (χ0v) is 24.3. The van der Waals surface area contributed by atoms with Gasteiger partial charge in [-0.1, -0.05) is 0 Å². The van der Waals surface area contributed by atoms with E-state index in [1.165, 1.54) is 18.3 Å². The van der Waals surface area contributed by atoms with Crippen molar-refractivity contribution in [1.82, 2.24) is 19.8 Å². The first-order chi connectivity index (χ1) is 20.2. The summed E-state index contributed by atoms with van der Waals surface area (Å²) in [5.41, 5.74) is 3.00. The monoisotopic (exact) mass is 602 g/mol. The van der Waals surface area contributed by atoms with E-state index in [9.17, 15) is 22.8 Å². The fourth-order valence-corrected chi connectivity index (χ4v) is 6.77. The van der Waals surface area contributed by atoms with Crippen molar-refractivity contribution in [2.24, 2.45) is 5.41 Å². The number of alkyl halides is 3. The molecule has 1 aromatic carbocycles. The molecule has 0 saturated carbocycles.